The quantitative estimate of drug-likeness (QED) is 0.653. The van der Waals surface area contributed by atoms with Gasteiger partial charge in [-0.15, -0.1) is 13.2 Å². The predicted molar refractivity (Wildman–Crippen MR) is 86.7 cm³/mol. The first-order valence-electron chi connectivity index (χ1n) is 6.62. The Morgan fingerprint density at radius 2 is 1.67 bits per heavy atom. The molecule has 0 fully saturated rings. The van der Waals surface area contributed by atoms with Crippen LogP contribution in [0.15, 0.2) is 47.3 Å². The molecule has 0 saturated heterocycles. The lowest BCUT2D eigenvalue weighted by Gasteiger charge is -2.15. The number of benzene rings is 2. The molecule has 3 nitrogen and oxygen atoms in total. The Balaban J connectivity index is 2.22. The number of halogens is 5. The maximum absolute atomic E-state index is 12.6. The monoisotopic (exact) mass is 373 g/mol. The zero-order valence-corrected chi connectivity index (χ0v) is 13.3. The number of aromatic nitrogens is 1. The van der Waals surface area contributed by atoms with Crippen LogP contribution in [0.5, 0.6) is 5.75 Å². The molecule has 0 amide bonds. The van der Waals surface area contributed by atoms with Gasteiger partial charge in [0.2, 0.25) is 5.56 Å². The summed E-state index contributed by atoms with van der Waals surface area (Å²) in [6.07, 6.45) is -4.87. The van der Waals surface area contributed by atoms with Gasteiger partial charge >= 0.3 is 6.36 Å². The summed E-state index contributed by atoms with van der Waals surface area (Å²) in [7, 11) is 0. The molecule has 0 spiro atoms. The fourth-order valence-electron chi connectivity index (χ4n) is 2.33. The number of alkyl halides is 3. The van der Waals surface area contributed by atoms with Gasteiger partial charge in [-0.3, -0.25) is 4.79 Å². The molecule has 0 saturated carbocycles. The average molecular weight is 374 g/mol. The standard InChI is InChI=1S/C16H8Cl2F3NO2/c17-8-1-2-9(13(7-8)24-16(19,20)21)10-3-5-12-11(15(10)18)4-6-14(23)22-12/h1-7H,(H,22,23). The summed E-state index contributed by atoms with van der Waals surface area (Å²) in [4.78, 5) is 13.9. The molecule has 1 aromatic heterocycles. The van der Waals surface area contributed by atoms with Gasteiger partial charge in [0.25, 0.3) is 0 Å². The van der Waals surface area contributed by atoms with Crippen LogP contribution < -0.4 is 10.3 Å². The average Bonchev–Trinajstić information content (AvgIpc) is 2.47. The lowest BCUT2D eigenvalue weighted by Crippen LogP contribution is -2.17. The lowest BCUT2D eigenvalue weighted by molar-refractivity contribution is -0.274. The zero-order chi connectivity index (χ0) is 17.5. The summed E-state index contributed by atoms with van der Waals surface area (Å²) in [6.45, 7) is 0. The minimum Gasteiger partial charge on any atom is -0.405 e. The van der Waals surface area contributed by atoms with Crippen molar-refractivity contribution in [2.45, 2.75) is 6.36 Å². The van der Waals surface area contributed by atoms with Crippen LogP contribution >= 0.6 is 23.2 Å². The van der Waals surface area contributed by atoms with Crippen molar-refractivity contribution in [2.24, 2.45) is 0 Å². The number of aromatic amines is 1. The summed E-state index contributed by atoms with van der Waals surface area (Å²) < 4.78 is 41.9. The first-order valence-corrected chi connectivity index (χ1v) is 7.37. The second-order valence-electron chi connectivity index (χ2n) is 4.90. The Bertz CT molecular complexity index is 983. The number of rotatable bonds is 2. The molecule has 3 rings (SSSR count). The number of hydrogen-bond donors (Lipinski definition) is 1. The van der Waals surface area contributed by atoms with Crippen LogP contribution in [-0.4, -0.2) is 11.3 Å². The molecular formula is C16H8Cl2F3NO2. The Morgan fingerprint density at radius 1 is 0.958 bits per heavy atom. The third-order valence-electron chi connectivity index (χ3n) is 3.30. The van der Waals surface area contributed by atoms with Gasteiger partial charge < -0.3 is 9.72 Å². The van der Waals surface area contributed by atoms with Gasteiger partial charge in [-0.05, 0) is 30.3 Å². The van der Waals surface area contributed by atoms with E-state index in [9.17, 15) is 18.0 Å². The first kappa shape index (κ1) is 16.7. The summed E-state index contributed by atoms with van der Waals surface area (Å²) in [5.41, 5.74) is 0.629. The van der Waals surface area contributed by atoms with E-state index in [0.29, 0.717) is 16.5 Å². The highest BCUT2D eigenvalue weighted by atomic mass is 35.5. The Labute approximate surface area is 143 Å². The van der Waals surface area contributed by atoms with E-state index in [2.05, 4.69) is 9.72 Å². The highest BCUT2D eigenvalue weighted by Crippen LogP contribution is 2.40. The van der Waals surface area contributed by atoms with Gasteiger partial charge in [-0.2, -0.15) is 0 Å². The molecule has 0 bridgehead atoms. The van der Waals surface area contributed by atoms with Gasteiger partial charge in [-0.25, -0.2) is 0 Å². The van der Waals surface area contributed by atoms with Crippen molar-refractivity contribution in [3.05, 3.63) is 62.9 Å². The third kappa shape index (κ3) is 3.34. The predicted octanol–water partition coefficient (Wildman–Crippen LogP) is 5.40. The van der Waals surface area contributed by atoms with Crippen LogP contribution in [0, 0.1) is 0 Å². The Hall–Kier alpha value is -2.18. The molecule has 0 aliphatic heterocycles. The van der Waals surface area contributed by atoms with E-state index in [1.54, 1.807) is 6.07 Å². The molecule has 0 aliphatic rings. The molecular weight excluding hydrogens is 366 g/mol. The number of ether oxygens (including phenoxy) is 1. The number of hydrogen-bond acceptors (Lipinski definition) is 2. The Kier molecular flexibility index (Phi) is 4.19. The van der Waals surface area contributed by atoms with Crippen LogP contribution in [0.25, 0.3) is 22.0 Å². The van der Waals surface area contributed by atoms with Crippen molar-refractivity contribution in [3.63, 3.8) is 0 Å². The highest BCUT2D eigenvalue weighted by molar-refractivity contribution is 6.38. The van der Waals surface area contributed by atoms with Crippen molar-refractivity contribution < 1.29 is 17.9 Å². The number of pyridine rings is 1. The molecule has 0 atom stereocenters. The van der Waals surface area contributed by atoms with Crippen molar-refractivity contribution >= 4 is 34.1 Å². The van der Waals surface area contributed by atoms with E-state index >= 15 is 0 Å². The SMILES string of the molecule is O=c1ccc2c(Cl)c(-c3ccc(Cl)cc3OC(F)(F)F)ccc2[nH]1. The van der Waals surface area contributed by atoms with Crippen LogP contribution in [0.2, 0.25) is 10.0 Å². The molecule has 1 heterocycles. The summed E-state index contributed by atoms with van der Waals surface area (Å²) >= 11 is 12.1. The van der Waals surface area contributed by atoms with E-state index in [0.717, 1.165) is 6.07 Å². The maximum Gasteiger partial charge on any atom is 0.573 e. The van der Waals surface area contributed by atoms with Gasteiger partial charge in [0.15, 0.2) is 0 Å². The molecule has 0 unspecified atom stereocenters. The minimum absolute atomic E-state index is 0.0965. The second-order valence-corrected chi connectivity index (χ2v) is 5.71. The van der Waals surface area contributed by atoms with E-state index in [1.807, 2.05) is 0 Å². The topological polar surface area (TPSA) is 42.1 Å². The lowest BCUT2D eigenvalue weighted by atomic mass is 10.0. The zero-order valence-electron chi connectivity index (χ0n) is 11.7. The molecule has 0 aliphatic carbocycles. The van der Waals surface area contributed by atoms with Crippen LogP contribution in [-0.2, 0) is 0 Å². The fraction of sp³-hybridized carbons (Fsp3) is 0.0625. The van der Waals surface area contributed by atoms with Gasteiger partial charge in [0.05, 0.1) is 5.02 Å². The molecule has 8 heteroatoms. The highest BCUT2D eigenvalue weighted by Gasteiger charge is 2.32. The summed E-state index contributed by atoms with van der Waals surface area (Å²) in [6, 6.07) is 9.75. The fourth-order valence-corrected chi connectivity index (χ4v) is 2.83. The largest absolute Gasteiger partial charge is 0.573 e. The Morgan fingerprint density at radius 3 is 2.38 bits per heavy atom. The summed E-state index contributed by atoms with van der Waals surface area (Å²) in [5, 5.41) is 0.791. The van der Waals surface area contributed by atoms with E-state index in [1.165, 1.54) is 30.3 Å². The van der Waals surface area contributed by atoms with E-state index in [4.69, 9.17) is 23.2 Å². The molecule has 24 heavy (non-hydrogen) atoms. The van der Waals surface area contributed by atoms with Gasteiger partial charge in [0.1, 0.15) is 5.75 Å². The second kappa shape index (κ2) is 6.03. The van der Waals surface area contributed by atoms with Crippen molar-refractivity contribution in [1.29, 1.82) is 0 Å². The van der Waals surface area contributed by atoms with Crippen molar-refractivity contribution in [2.75, 3.05) is 0 Å². The molecule has 2 aromatic carbocycles. The number of nitrogens with one attached hydrogen (secondary N) is 1. The molecule has 0 radical (unpaired) electrons. The summed E-state index contributed by atoms with van der Waals surface area (Å²) in [5.74, 6) is -0.458. The normalized spacial score (nSPS) is 11.7. The van der Waals surface area contributed by atoms with E-state index in [-0.39, 0.29) is 21.2 Å². The van der Waals surface area contributed by atoms with Gasteiger partial charge in [-0.1, -0.05) is 29.3 Å². The molecule has 1 N–H and O–H groups in total. The van der Waals surface area contributed by atoms with Crippen LogP contribution in [0.1, 0.15) is 0 Å². The maximum atomic E-state index is 12.6. The number of fused-ring (bicyclic) bond motifs is 1. The smallest absolute Gasteiger partial charge is 0.405 e. The molecule has 3 aromatic rings. The minimum atomic E-state index is -4.87. The van der Waals surface area contributed by atoms with Crippen molar-refractivity contribution in [1.82, 2.24) is 4.98 Å². The third-order valence-corrected chi connectivity index (χ3v) is 3.94. The first-order chi connectivity index (χ1) is 11.2. The number of H-pyrrole nitrogens is 1. The van der Waals surface area contributed by atoms with E-state index < -0.39 is 12.1 Å². The van der Waals surface area contributed by atoms with Crippen molar-refractivity contribution in [3.8, 4) is 16.9 Å². The molecule has 124 valence electrons. The van der Waals surface area contributed by atoms with Crippen LogP contribution in [0.3, 0.4) is 0 Å². The van der Waals surface area contributed by atoms with Gasteiger partial charge in [0, 0.05) is 33.1 Å². The van der Waals surface area contributed by atoms with Crippen LogP contribution in [0.4, 0.5) is 13.2 Å².